The summed E-state index contributed by atoms with van der Waals surface area (Å²) in [5, 5.41) is 18.6. The molecule has 0 amide bonds. The van der Waals surface area contributed by atoms with E-state index in [0.29, 0.717) is 56.6 Å². The third-order valence-corrected chi connectivity index (χ3v) is 6.56. The van der Waals surface area contributed by atoms with E-state index in [2.05, 4.69) is 21.7 Å². The van der Waals surface area contributed by atoms with Crippen molar-refractivity contribution in [2.75, 3.05) is 13.1 Å². The normalized spacial score (nSPS) is 20.6. The molecule has 0 radical (unpaired) electrons. The summed E-state index contributed by atoms with van der Waals surface area (Å²) >= 11 is 0. The number of carboxylic acid groups (broad SMARTS) is 1. The van der Waals surface area contributed by atoms with Gasteiger partial charge < -0.3 is 9.94 Å². The maximum absolute atomic E-state index is 14.1. The molecule has 0 saturated carbocycles. The highest BCUT2D eigenvalue weighted by Gasteiger charge is 2.45. The number of carboxylic acids is 1. The molecule has 32 heavy (non-hydrogen) atoms. The number of hydrogen-bond acceptors (Lipinski definition) is 5. The minimum atomic E-state index is -0.858. The largest absolute Gasteiger partial charge is 0.481 e. The Bertz CT molecular complexity index is 1020. The second-order valence-electron chi connectivity index (χ2n) is 8.77. The average molecular weight is 441 g/mol. The van der Waals surface area contributed by atoms with E-state index >= 15 is 0 Å². The molecule has 7 nitrogen and oxygen atoms in total. The second-order valence-corrected chi connectivity index (χ2v) is 8.77. The zero-order chi connectivity index (χ0) is 22.7. The van der Waals surface area contributed by atoms with E-state index in [1.165, 1.54) is 6.07 Å². The summed E-state index contributed by atoms with van der Waals surface area (Å²) in [5.74, 6) is -1.14. The van der Waals surface area contributed by atoms with Crippen molar-refractivity contribution in [1.29, 1.82) is 0 Å². The number of benzene rings is 1. The highest BCUT2D eigenvalue weighted by Crippen LogP contribution is 2.39. The lowest BCUT2D eigenvalue weighted by atomic mass is 9.73. The van der Waals surface area contributed by atoms with Gasteiger partial charge in [-0.05, 0) is 38.9 Å². The van der Waals surface area contributed by atoms with E-state index in [1.807, 2.05) is 23.9 Å². The van der Waals surface area contributed by atoms with Crippen LogP contribution in [0.15, 0.2) is 48.3 Å². The monoisotopic (exact) mass is 440 g/mol. The van der Waals surface area contributed by atoms with Crippen LogP contribution in [0.1, 0.15) is 42.5 Å². The summed E-state index contributed by atoms with van der Waals surface area (Å²) in [4.78, 5) is 20.1. The van der Waals surface area contributed by atoms with Crippen LogP contribution in [-0.4, -0.2) is 50.7 Å². The number of allylic oxidation sites excluding steroid dienone is 1. The lowest BCUT2D eigenvalue weighted by molar-refractivity contribution is -0.155. The van der Waals surface area contributed by atoms with Crippen LogP contribution in [0.25, 0.3) is 0 Å². The number of aliphatic carboxylic acids is 1. The van der Waals surface area contributed by atoms with Crippen LogP contribution >= 0.6 is 0 Å². The molecule has 2 aromatic rings. The highest BCUT2D eigenvalue weighted by atomic mass is 19.1. The zero-order valence-corrected chi connectivity index (χ0v) is 18.3. The van der Waals surface area contributed by atoms with Gasteiger partial charge in [-0.25, -0.2) is 4.39 Å². The lowest BCUT2D eigenvalue weighted by Gasteiger charge is -2.39. The Hall–Kier alpha value is -3.00. The van der Waals surface area contributed by atoms with Crippen molar-refractivity contribution >= 4 is 11.7 Å². The highest BCUT2D eigenvalue weighted by molar-refractivity contribution is 6.01. The summed E-state index contributed by atoms with van der Waals surface area (Å²) in [5.41, 5.74) is 2.24. The molecule has 0 spiro atoms. The van der Waals surface area contributed by atoms with Crippen molar-refractivity contribution in [3.63, 3.8) is 0 Å². The van der Waals surface area contributed by atoms with E-state index in [9.17, 15) is 14.3 Å². The first-order valence-electron chi connectivity index (χ1n) is 11.0. The number of piperidine rings is 1. The molecular weight excluding hydrogens is 411 g/mol. The number of aryl methyl sites for hydroxylation is 1. The first kappa shape index (κ1) is 22.2. The number of oxime groups is 1. The second kappa shape index (κ2) is 9.24. The molecule has 2 aliphatic heterocycles. The van der Waals surface area contributed by atoms with Crippen LogP contribution in [-0.2, 0) is 22.7 Å². The van der Waals surface area contributed by atoms with Crippen molar-refractivity contribution in [3.05, 3.63) is 65.8 Å². The minimum Gasteiger partial charge on any atom is -0.481 e. The molecule has 0 bridgehead atoms. The average Bonchev–Trinajstić information content (AvgIpc) is 3.36. The van der Waals surface area contributed by atoms with Crippen LogP contribution in [0.2, 0.25) is 0 Å². The number of nitrogens with zero attached hydrogens (tertiary/aromatic N) is 4. The molecule has 1 N–H and O–H groups in total. The fraction of sp³-hybridized carbons (Fsp3) is 0.458. The molecule has 1 fully saturated rings. The van der Waals surface area contributed by atoms with Gasteiger partial charge in [-0.1, -0.05) is 29.4 Å². The Labute approximate surface area is 187 Å². The van der Waals surface area contributed by atoms with E-state index in [0.717, 1.165) is 17.8 Å². The molecule has 1 atom stereocenters. The molecule has 4 rings (SSSR count). The van der Waals surface area contributed by atoms with Crippen molar-refractivity contribution in [3.8, 4) is 0 Å². The molecule has 170 valence electrons. The Morgan fingerprint density at radius 2 is 2.12 bits per heavy atom. The quantitative estimate of drug-likeness (QED) is 0.632. The number of aromatic nitrogens is 2. The minimum absolute atomic E-state index is 0.344. The summed E-state index contributed by atoms with van der Waals surface area (Å²) in [6.07, 6.45) is 5.35. The van der Waals surface area contributed by atoms with Gasteiger partial charge in [0.2, 0.25) is 0 Å². The van der Waals surface area contributed by atoms with Gasteiger partial charge in [-0.2, -0.15) is 5.10 Å². The van der Waals surface area contributed by atoms with Crippen LogP contribution in [0.3, 0.4) is 0 Å². The maximum Gasteiger partial charge on any atom is 0.309 e. The molecule has 1 saturated heterocycles. The Kier molecular flexibility index (Phi) is 6.41. The molecule has 1 aromatic heterocycles. The molecule has 8 heteroatoms. The Morgan fingerprint density at radius 1 is 1.38 bits per heavy atom. The van der Waals surface area contributed by atoms with Crippen molar-refractivity contribution in [2.24, 2.45) is 10.6 Å². The van der Waals surface area contributed by atoms with E-state index < -0.39 is 11.4 Å². The Balaban J connectivity index is 1.36. The fourth-order valence-corrected chi connectivity index (χ4v) is 4.65. The fourth-order valence-electron chi connectivity index (χ4n) is 4.65. The maximum atomic E-state index is 14.1. The number of carbonyl (C=O) groups is 1. The smallest absolute Gasteiger partial charge is 0.309 e. The van der Waals surface area contributed by atoms with Crippen LogP contribution < -0.4 is 0 Å². The van der Waals surface area contributed by atoms with Crippen LogP contribution in [0.4, 0.5) is 4.39 Å². The summed E-state index contributed by atoms with van der Waals surface area (Å²) in [7, 11) is 0. The third kappa shape index (κ3) is 4.60. The van der Waals surface area contributed by atoms with E-state index in [4.69, 9.17) is 4.84 Å². The first-order chi connectivity index (χ1) is 15.4. The van der Waals surface area contributed by atoms with Crippen molar-refractivity contribution in [1.82, 2.24) is 14.7 Å². The van der Waals surface area contributed by atoms with Gasteiger partial charge in [-0.15, -0.1) is 6.58 Å². The third-order valence-electron chi connectivity index (χ3n) is 6.56. The standard InChI is InChI=1S/C24H29FN4O3/c1-3-10-29-16-18(17(2)26-29)15-28-11-8-24(9-12-28,23(30)31)14-19-13-22(27-32-19)20-6-4-5-7-21(20)25/h3-7,16,19H,1,8-15H2,2H3,(H,30,31)/t19-/m1/s1. The first-order valence-corrected chi connectivity index (χ1v) is 11.0. The van der Waals surface area contributed by atoms with Gasteiger partial charge in [0.1, 0.15) is 11.9 Å². The van der Waals surface area contributed by atoms with Gasteiger partial charge >= 0.3 is 5.97 Å². The number of halogens is 1. The predicted octanol–water partition coefficient (Wildman–Crippen LogP) is 3.77. The van der Waals surface area contributed by atoms with Gasteiger partial charge in [0.05, 0.1) is 23.4 Å². The van der Waals surface area contributed by atoms with Crippen LogP contribution in [0.5, 0.6) is 0 Å². The van der Waals surface area contributed by atoms with Crippen molar-refractivity contribution < 1.29 is 19.1 Å². The van der Waals surface area contributed by atoms with Gasteiger partial charge in [0.15, 0.2) is 0 Å². The molecule has 0 unspecified atom stereocenters. The molecular formula is C24H29FN4O3. The van der Waals surface area contributed by atoms with Crippen LogP contribution in [0, 0.1) is 18.2 Å². The van der Waals surface area contributed by atoms with Gasteiger partial charge in [0, 0.05) is 36.7 Å². The number of likely N-dealkylation sites (tertiary alicyclic amines) is 1. The van der Waals surface area contributed by atoms with E-state index in [-0.39, 0.29) is 11.9 Å². The molecule has 3 heterocycles. The van der Waals surface area contributed by atoms with E-state index in [1.54, 1.807) is 18.2 Å². The molecule has 0 aliphatic carbocycles. The summed E-state index contributed by atoms with van der Waals surface area (Å²) in [6, 6.07) is 6.45. The SMILES string of the molecule is C=CCn1cc(CN2CCC(C[C@H]3CC(c4ccccc4F)=NO3)(C(=O)O)CC2)c(C)n1. The Morgan fingerprint density at radius 3 is 2.81 bits per heavy atom. The van der Waals surface area contributed by atoms with Gasteiger partial charge in [0.25, 0.3) is 0 Å². The zero-order valence-electron chi connectivity index (χ0n) is 18.3. The summed E-state index contributed by atoms with van der Waals surface area (Å²) < 4.78 is 15.9. The molecule has 1 aromatic carbocycles. The predicted molar refractivity (Wildman–Crippen MR) is 119 cm³/mol. The number of rotatable bonds is 8. The van der Waals surface area contributed by atoms with Crippen molar-refractivity contribution in [2.45, 2.75) is 51.8 Å². The number of hydrogen-bond donors (Lipinski definition) is 1. The van der Waals surface area contributed by atoms with Gasteiger partial charge in [-0.3, -0.25) is 14.4 Å². The molecule has 2 aliphatic rings. The lowest BCUT2D eigenvalue weighted by Crippen LogP contribution is -2.45. The topological polar surface area (TPSA) is 80.0 Å². The summed E-state index contributed by atoms with van der Waals surface area (Å²) in [6.45, 7) is 8.53.